The quantitative estimate of drug-likeness (QED) is 0.750. The number of thioether (sulfide) groups is 1. The summed E-state index contributed by atoms with van der Waals surface area (Å²) in [5.74, 6) is 1.28. The first-order chi connectivity index (χ1) is 7.17. The van der Waals surface area contributed by atoms with Gasteiger partial charge in [0.05, 0.1) is 6.04 Å². The third-order valence-corrected chi connectivity index (χ3v) is 4.15. The Morgan fingerprint density at radius 1 is 1.53 bits per heavy atom. The summed E-state index contributed by atoms with van der Waals surface area (Å²) in [6.45, 7) is 4.14. The summed E-state index contributed by atoms with van der Waals surface area (Å²) in [4.78, 5) is 11.3. The highest BCUT2D eigenvalue weighted by Crippen LogP contribution is 2.29. The van der Waals surface area contributed by atoms with Gasteiger partial charge in [0.1, 0.15) is 0 Å². The maximum Gasteiger partial charge on any atom is 0.236 e. The molecule has 0 radical (unpaired) electrons. The van der Waals surface area contributed by atoms with Gasteiger partial charge in [-0.3, -0.25) is 4.79 Å². The highest BCUT2D eigenvalue weighted by Gasteiger charge is 2.26. The van der Waals surface area contributed by atoms with Gasteiger partial charge in [0.25, 0.3) is 0 Å². The molecular weight excluding hydrogens is 208 g/mol. The second kappa shape index (κ2) is 6.38. The van der Waals surface area contributed by atoms with Gasteiger partial charge in [-0.2, -0.15) is 11.8 Å². The van der Waals surface area contributed by atoms with E-state index in [9.17, 15) is 4.79 Å². The zero-order chi connectivity index (χ0) is 11.3. The third-order valence-electron chi connectivity index (χ3n) is 2.91. The van der Waals surface area contributed by atoms with Crippen molar-refractivity contribution < 1.29 is 4.79 Å². The summed E-state index contributed by atoms with van der Waals surface area (Å²) in [5.41, 5.74) is 0. The zero-order valence-electron chi connectivity index (χ0n) is 9.88. The van der Waals surface area contributed by atoms with Crippen LogP contribution in [0.3, 0.4) is 0 Å². The maximum atomic E-state index is 11.3. The van der Waals surface area contributed by atoms with Crippen molar-refractivity contribution in [2.24, 2.45) is 0 Å². The van der Waals surface area contributed by atoms with Gasteiger partial charge in [0, 0.05) is 18.3 Å². The largest absolute Gasteiger partial charge is 0.358 e. The second-order valence-electron chi connectivity index (χ2n) is 4.09. The van der Waals surface area contributed by atoms with Crippen LogP contribution in [0.5, 0.6) is 0 Å². The number of likely N-dealkylation sites (N-methyl/N-ethyl adjacent to an activating group) is 1. The van der Waals surface area contributed by atoms with E-state index in [1.807, 2.05) is 18.7 Å². The first-order valence-electron chi connectivity index (χ1n) is 5.76. The first kappa shape index (κ1) is 12.8. The SMILES string of the molecule is CCSC1CCC(NC(C)C(=O)NC)C1. The van der Waals surface area contributed by atoms with E-state index in [0.717, 1.165) is 5.25 Å². The van der Waals surface area contributed by atoms with Crippen molar-refractivity contribution >= 4 is 17.7 Å². The van der Waals surface area contributed by atoms with Crippen LogP contribution >= 0.6 is 11.8 Å². The molecule has 0 aromatic rings. The molecule has 1 fully saturated rings. The fourth-order valence-electron chi connectivity index (χ4n) is 2.12. The molecule has 0 bridgehead atoms. The van der Waals surface area contributed by atoms with Crippen molar-refractivity contribution in [2.45, 2.75) is 50.4 Å². The monoisotopic (exact) mass is 230 g/mol. The summed E-state index contributed by atoms with van der Waals surface area (Å²) in [7, 11) is 1.69. The zero-order valence-corrected chi connectivity index (χ0v) is 10.7. The molecule has 3 nitrogen and oxygen atoms in total. The van der Waals surface area contributed by atoms with Gasteiger partial charge in [-0.25, -0.2) is 0 Å². The van der Waals surface area contributed by atoms with Crippen LogP contribution in [0.25, 0.3) is 0 Å². The molecule has 1 aliphatic carbocycles. The average Bonchev–Trinajstić information content (AvgIpc) is 2.65. The number of carbonyl (C=O) groups is 1. The van der Waals surface area contributed by atoms with Crippen LogP contribution in [-0.2, 0) is 4.79 Å². The molecule has 2 N–H and O–H groups in total. The van der Waals surface area contributed by atoms with Gasteiger partial charge in [-0.05, 0) is 31.9 Å². The van der Waals surface area contributed by atoms with Gasteiger partial charge in [-0.1, -0.05) is 6.92 Å². The first-order valence-corrected chi connectivity index (χ1v) is 6.81. The van der Waals surface area contributed by atoms with E-state index in [0.29, 0.717) is 6.04 Å². The van der Waals surface area contributed by atoms with E-state index >= 15 is 0 Å². The molecule has 88 valence electrons. The van der Waals surface area contributed by atoms with Crippen LogP contribution < -0.4 is 10.6 Å². The Labute approximate surface area is 96.8 Å². The molecule has 3 unspecified atom stereocenters. The van der Waals surface area contributed by atoms with E-state index in [2.05, 4.69) is 17.6 Å². The van der Waals surface area contributed by atoms with Crippen molar-refractivity contribution in [3.8, 4) is 0 Å². The fraction of sp³-hybridized carbons (Fsp3) is 0.909. The summed E-state index contributed by atoms with van der Waals surface area (Å²) in [6, 6.07) is 0.465. The van der Waals surface area contributed by atoms with Crippen LogP contribution in [0.15, 0.2) is 0 Å². The van der Waals surface area contributed by atoms with E-state index in [1.165, 1.54) is 25.0 Å². The minimum atomic E-state index is -0.0645. The average molecular weight is 230 g/mol. The van der Waals surface area contributed by atoms with Crippen molar-refractivity contribution in [1.29, 1.82) is 0 Å². The lowest BCUT2D eigenvalue weighted by Gasteiger charge is -2.18. The third kappa shape index (κ3) is 4.03. The summed E-state index contributed by atoms with van der Waals surface area (Å²) < 4.78 is 0. The normalized spacial score (nSPS) is 27.7. The lowest BCUT2D eigenvalue weighted by atomic mass is 10.2. The number of nitrogens with one attached hydrogen (secondary N) is 2. The van der Waals surface area contributed by atoms with E-state index < -0.39 is 0 Å². The van der Waals surface area contributed by atoms with Crippen LogP contribution in [0, 0.1) is 0 Å². The van der Waals surface area contributed by atoms with E-state index in [4.69, 9.17) is 0 Å². The molecule has 1 saturated carbocycles. The Bertz CT molecular complexity index is 211. The minimum Gasteiger partial charge on any atom is -0.358 e. The predicted octanol–water partition coefficient (Wildman–Crippen LogP) is 1.38. The van der Waals surface area contributed by atoms with Crippen molar-refractivity contribution in [3.63, 3.8) is 0 Å². The van der Waals surface area contributed by atoms with Gasteiger partial charge < -0.3 is 10.6 Å². The number of hydrogen-bond donors (Lipinski definition) is 2. The maximum absolute atomic E-state index is 11.3. The van der Waals surface area contributed by atoms with Crippen LogP contribution in [0.1, 0.15) is 33.1 Å². The number of amides is 1. The van der Waals surface area contributed by atoms with E-state index in [1.54, 1.807) is 7.05 Å². The molecule has 1 aliphatic rings. The summed E-state index contributed by atoms with van der Waals surface area (Å²) in [6.07, 6.45) is 3.70. The van der Waals surface area contributed by atoms with E-state index in [-0.39, 0.29) is 11.9 Å². The lowest BCUT2D eigenvalue weighted by molar-refractivity contribution is -0.122. The number of rotatable bonds is 5. The molecule has 0 heterocycles. The van der Waals surface area contributed by atoms with Crippen LogP contribution in [0.4, 0.5) is 0 Å². The molecular formula is C11H22N2OS. The van der Waals surface area contributed by atoms with Crippen LogP contribution in [-0.4, -0.2) is 36.0 Å². The Hall–Kier alpha value is -0.220. The van der Waals surface area contributed by atoms with Gasteiger partial charge in [0.15, 0.2) is 0 Å². The van der Waals surface area contributed by atoms with Crippen LogP contribution in [0.2, 0.25) is 0 Å². The number of carbonyl (C=O) groups excluding carboxylic acids is 1. The van der Waals surface area contributed by atoms with Gasteiger partial charge in [0.2, 0.25) is 5.91 Å². The summed E-state index contributed by atoms with van der Waals surface area (Å²) >= 11 is 2.04. The molecule has 15 heavy (non-hydrogen) atoms. The fourth-order valence-corrected chi connectivity index (χ4v) is 3.27. The summed E-state index contributed by atoms with van der Waals surface area (Å²) in [5, 5.41) is 6.86. The lowest BCUT2D eigenvalue weighted by Crippen LogP contribution is -2.44. The Morgan fingerprint density at radius 3 is 2.87 bits per heavy atom. The van der Waals surface area contributed by atoms with Gasteiger partial charge >= 0.3 is 0 Å². The Kier molecular flexibility index (Phi) is 5.47. The minimum absolute atomic E-state index is 0.0645. The molecule has 0 aromatic carbocycles. The molecule has 1 rings (SSSR count). The highest BCUT2D eigenvalue weighted by molar-refractivity contribution is 7.99. The smallest absolute Gasteiger partial charge is 0.236 e. The van der Waals surface area contributed by atoms with Crippen molar-refractivity contribution in [1.82, 2.24) is 10.6 Å². The Morgan fingerprint density at radius 2 is 2.27 bits per heavy atom. The molecule has 0 aliphatic heterocycles. The van der Waals surface area contributed by atoms with Crippen molar-refractivity contribution in [3.05, 3.63) is 0 Å². The predicted molar refractivity (Wildman–Crippen MR) is 66.2 cm³/mol. The molecule has 3 atom stereocenters. The number of hydrogen-bond acceptors (Lipinski definition) is 3. The van der Waals surface area contributed by atoms with Crippen molar-refractivity contribution in [2.75, 3.05) is 12.8 Å². The second-order valence-corrected chi connectivity index (χ2v) is 5.67. The molecule has 0 aromatic heterocycles. The molecule has 1 amide bonds. The molecule has 4 heteroatoms. The molecule has 0 saturated heterocycles. The van der Waals surface area contributed by atoms with Gasteiger partial charge in [-0.15, -0.1) is 0 Å². The standard InChI is InChI=1S/C11H22N2OS/c1-4-15-10-6-5-9(7-10)13-8(2)11(14)12-3/h8-10,13H,4-7H2,1-3H3,(H,12,14). The molecule has 0 spiro atoms. The highest BCUT2D eigenvalue weighted by atomic mass is 32.2. The topological polar surface area (TPSA) is 41.1 Å². The Balaban J connectivity index is 2.26.